The fourth-order valence-corrected chi connectivity index (χ4v) is 1.08. The summed E-state index contributed by atoms with van der Waals surface area (Å²) >= 11 is 0. The van der Waals surface area contributed by atoms with Crippen LogP contribution in [0.1, 0.15) is 11.7 Å². The minimum Gasteiger partial charge on any atom is -0.496 e. The summed E-state index contributed by atoms with van der Waals surface area (Å²) in [4.78, 5) is 10.4. The maximum absolute atomic E-state index is 13.1. The highest BCUT2D eigenvalue weighted by Crippen LogP contribution is 2.27. The molecule has 1 unspecified atom stereocenters. The van der Waals surface area contributed by atoms with E-state index in [1.807, 2.05) is 0 Å². The van der Waals surface area contributed by atoms with Gasteiger partial charge in [-0.15, -0.1) is 0 Å². The van der Waals surface area contributed by atoms with Crippen LogP contribution in [-0.2, 0) is 4.79 Å². The zero-order valence-corrected chi connectivity index (χ0v) is 7.40. The van der Waals surface area contributed by atoms with Crippen molar-refractivity contribution in [2.75, 3.05) is 7.11 Å². The van der Waals surface area contributed by atoms with Crippen molar-refractivity contribution in [3.63, 3.8) is 0 Å². The van der Waals surface area contributed by atoms with E-state index in [9.17, 15) is 14.3 Å². The van der Waals surface area contributed by atoms with Crippen molar-refractivity contribution in [2.45, 2.75) is 6.10 Å². The lowest BCUT2D eigenvalue weighted by atomic mass is 10.1. The first-order valence-corrected chi connectivity index (χ1v) is 3.81. The van der Waals surface area contributed by atoms with Crippen molar-refractivity contribution in [1.29, 1.82) is 0 Å². The van der Waals surface area contributed by atoms with Gasteiger partial charge in [0.25, 0.3) is 0 Å². The molecule has 2 N–H and O–H groups in total. The summed E-state index contributed by atoms with van der Waals surface area (Å²) in [5.41, 5.74) is -0.359. The van der Waals surface area contributed by atoms with Gasteiger partial charge in [0.15, 0.2) is 6.10 Å². The predicted molar refractivity (Wildman–Crippen MR) is 45.5 cm³/mol. The van der Waals surface area contributed by atoms with Crippen LogP contribution in [0.3, 0.4) is 0 Å². The zero-order valence-electron chi connectivity index (χ0n) is 7.40. The Morgan fingerprint density at radius 2 is 2.21 bits per heavy atom. The highest BCUT2D eigenvalue weighted by atomic mass is 19.1. The second-order valence-corrected chi connectivity index (χ2v) is 2.60. The van der Waals surface area contributed by atoms with Crippen LogP contribution >= 0.6 is 0 Å². The van der Waals surface area contributed by atoms with E-state index in [4.69, 9.17) is 9.84 Å². The van der Waals surface area contributed by atoms with Crippen molar-refractivity contribution >= 4 is 5.97 Å². The van der Waals surface area contributed by atoms with Crippen molar-refractivity contribution in [3.05, 3.63) is 29.6 Å². The number of rotatable bonds is 3. The summed E-state index contributed by atoms with van der Waals surface area (Å²) in [5, 5.41) is 17.7. The van der Waals surface area contributed by atoms with Gasteiger partial charge in [0.05, 0.1) is 12.7 Å². The Hall–Kier alpha value is -1.62. The lowest BCUT2D eigenvalue weighted by molar-refractivity contribution is -0.147. The molecule has 0 fully saturated rings. The number of aliphatic hydroxyl groups is 1. The number of carboxylic acids is 1. The Labute approximate surface area is 79.6 Å². The summed E-state index contributed by atoms with van der Waals surface area (Å²) in [6, 6.07) is 3.81. The van der Waals surface area contributed by atoms with E-state index in [1.165, 1.54) is 19.2 Å². The number of benzene rings is 1. The van der Waals surface area contributed by atoms with Gasteiger partial charge in [0.1, 0.15) is 11.6 Å². The van der Waals surface area contributed by atoms with Gasteiger partial charge in [-0.05, 0) is 12.1 Å². The standard InChI is InChI=1S/C9H9FO4/c1-14-6-4-2-3-5(10)7(6)8(11)9(12)13/h2-4,8,11H,1H3,(H,12,13). The number of ether oxygens (including phenoxy) is 1. The van der Waals surface area contributed by atoms with Crippen LogP contribution in [0.25, 0.3) is 0 Å². The Kier molecular flexibility index (Phi) is 3.03. The van der Waals surface area contributed by atoms with Gasteiger partial charge < -0.3 is 14.9 Å². The predicted octanol–water partition coefficient (Wildman–Crippen LogP) is 0.952. The molecule has 4 nitrogen and oxygen atoms in total. The highest BCUT2D eigenvalue weighted by molar-refractivity contribution is 5.75. The number of carbonyl (C=O) groups is 1. The third-order valence-electron chi connectivity index (χ3n) is 1.74. The van der Waals surface area contributed by atoms with Gasteiger partial charge in [-0.3, -0.25) is 0 Å². The molecule has 76 valence electrons. The molecule has 0 saturated heterocycles. The molecule has 1 aromatic rings. The first-order chi connectivity index (χ1) is 6.57. The molecule has 1 rings (SSSR count). The summed E-state index contributed by atoms with van der Waals surface area (Å²) in [6.45, 7) is 0. The molecule has 5 heteroatoms. The second-order valence-electron chi connectivity index (χ2n) is 2.60. The maximum atomic E-state index is 13.1. The number of aliphatic carboxylic acids is 1. The molecular formula is C9H9FO4. The Morgan fingerprint density at radius 3 is 2.71 bits per heavy atom. The molecular weight excluding hydrogens is 191 g/mol. The molecule has 0 bridgehead atoms. The van der Waals surface area contributed by atoms with Crippen LogP contribution in [0, 0.1) is 5.82 Å². The number of hydrogen-bond donors (Lipinski definition) is 2. The molecule has 0 saturated carbocycles. The summed E-state index contributed by atoms with van der Waals surface area (Å²) in [6.07, 6.45) is -1.91. The quantitative estimate of drug-likeness (QED) is 0.762. The molecule has 0 radical (unpaired) electrons. The number of halogens is 1. The first-order valence-electron chi connectivity index (χ1n) is 3.81. The molecule has 0 amide bonds. The fourth-order valence-electron chi connectivity index (χ4n) is 1.08. The zero-order chi connectivity index (χ0) is 10.7. The van der Waals surface area contributed by atoms with Crippen LogP contribution < -0.4 is 4.74 Å². The number of aliphatic hydroxyl groups excluding tert-OH is 1. The van der Waals surface area contributed by atoms with E-state index in [0.29, 0.717) is 0 Å². The van der Waals surface area contributed by atoms with E-state index in [1.54, 1.807) is 0 Å². The lowest BCUT2D eigenvalue weighted by Crippen LogP contribution is -2.13. The Balaban J connectivity index is 3.23. The van der Waals surface area contributed by atoms with Crippen molar-refractivity contribution in [2.24, 2.45) is 0 Å². The molecule has 0 aliphatic rings. The maximum Gasteiger partial charge on any atom is 0.337 e. The van der Waals surface area contributed by atoms with Gasteiger partial charge in [0.2, 0.25) is 0 Å². The summed E-state index contributed by atoms with van der Waals surface area (Å²) in [7, 11) is 1.27. The number of carboxylic acid groups (broad SMARTS) is 1. The molecule has 1 atom stereocenters. The average molecular weight is 200 g/mol. The third-order valence-corrected chi connectivity index (χ3v) is 1.74. The highest BCUT2D eigenvalue weighted by Gasteiger charge is 2.23. The molecule has 0 aromatic heterocycles. The van der Waals surface area contributed by atoms with Gasteiger partial charge in [-0.2, -0.15) is 0 Å². The summed E-state index contributed by atoms with van der Waals surface area (Å²) < 4.78 is 17.9. The number of hydrogen-bond acceptors (Lipinski definition) is 3. The molecule has 0 heterocycles. The second kappa shape index (κ2) is 4.06. The van der Waals surface area contributed by atoms with E-state index >= 15 is 0 Å². The Bertz CT molecular complexity index is 351. The van der Waals surface area contributed by atoms with E-state index in [2.05, 4.69) is 0 Å². The van der Waals surface area contributed by atoms with Crippen molar-refractivity contribution in [1.82, 2.24) is 0 Å². The van der Waals surface area contributed by atoms with Crippen LogP contribution in [0.2, 0.25) is 0 Å². The van der Waals surface area contributed by atoms with E-state index < -0.39 is 17.9 Å². The van der Waals surface area contributed by atoms with Crippen LogP contribution in [0.4, 0.5) is 4.39 Å². The Morgan fingerprint density at radius 1 is 1.57 bits per heavy atom. The minimum absolute atomic E-state index is 0.0138. The first kappa shape index (κ1) is 10.5. The van der Waals surface area contributed by atoms with Crippen molar-refractivity contribution < 1.29 is 24.1 Å². The summed E-state index contributed by atoms with van der Waals surface area (Å²) in [5.74, 6) is -2.31. The normalized spacial score (nSPS) is 12.2. The van der Waals surface area contributed by atoms with Gasteiger partial charge in [-0.1, -0.05) is 6.07 Å². The van der Waals surface area contributed by atoms with Crippen LogP contribution in [0.15, 0.2) is 18.2 Å². The fraction of sp³-hybridized carbons (Fsp3) is 0.222. The molecule has 0 aliphatic carbocycles. The SMILES string of the molecule is COc1cccc(F)c1C(O)C(=O)O. The largest absolute Gasteiger partial charge is 0.496 e. The lowest BCUT2D eigenvalue weighted by Gasteiger charge is -2.11. The molecule has 0 aliphatic heterocycles. The van der Waals surface area contributed by atoms with Gasteiger partial charge in [0, 0.05) is 0 Å². The van der Waals surface area contributed by atoms with Gasteiger partial charge >= 0.3 is 5.97 Å². The minimum atomic E-state index is -1.91. The molecule has 14 heavy (non-hydrogen) atoms. The van der Waals surface area contributed by atoms with Crippen LogP contribution in [0.5, 0.6) is 5.75 Å². The van der Waals surface area contributed by atoms with E-state index in [0.717, 1.165) is 6.07 Å². The van der Waals surface area contributed by atoms with Crippen molar-refractivity contribution in [3.8, 4) is 5.75 Å². The monoisotopic (exact) mass is 200 g/mol. The number of methoxy groups -OCH3 is 1. The van der Waals surface area contributed by atoms with Gasteiger partial charge in [-0.25, -0.2) is 9.18 Å². The third kappa shape index (κ3) is 1.82. The van der Waals surface area contributed by atoms with E-state index in [-0.39, 0.29) is 11.3 Å². The smallest absolute Gasteiger partial charge is 0.337 e. The topological polar surface area (TPSA) is 66.8 Å². The average Bonchev–Trinajstić information content (AvgIpc) is 2.16. The van der Waals surface area contributed by atoms with Crippen LogP contribution in [-0.4, -0.2) is 23.3 Å². The molecule has 0 spiro atoms. The molecule has 1 aromatic carbocycles.